The van der Waals surface area contributed by atoms with Crippen molar-refractivity contribution >= 4 is 11.9 Å². The van der Waals surface area contributed by atoms with Crippen LogP contribution in [0.4, 0.5) is 0 Å². The Morgan fingerprint density at radius 2 is 1.36 bits per heavy atom. The number of benzene rings is 3. The highest BCUT2D eigenvalue weighted by Crippen LogP contribution is 2.51. The Balaban J connectivity index is 1.89. The predicted octanol–water partition coefficient (Wildman–Crippen LogP) is 4.63. The molecule has 0 N–H and O–H groups in total. The van der Waals surface area contributed by atoms with Crippen LogP contribution in [-0.4, -0.2) is 31.1 Å². The Labute approximate surface area is 194 Å². The summed E-state index contributed by atoms with van der Waals surface area (Å²) in [5.74, 6) is -1.14. The zero-order valence-corrected chi connectivity index (χ0v) is 19.3. The number of esters is 2. The van der Waals surface area contributed by atoms with Gasteiger partial charge in [0.05, 0.1) is 20.3 Å². The molecule has 0 bridgehead atoms. The number of nitrogens with zero attached hydrogens (tertiary/aromatic N) is 1. The van der Waals surface area contributed by atoms with Crippen LogP contribution >= 0.6 is 0 Å². The first-order valence-electron chi connectivity index (χ1n) is 11.1. The average molecular weight is 444 g/mol. The zero-order valence-electron chi connectivity index (χ0n) is 19.3. The van der Waals surface area contributed by atoms with Gasteiger partial charge in [0.15, 0.2) is 5.41 Å². The fourth-order valence-electron chi connectivity index (χ4n) is 5.01. The third kappa shape index (κ3) is 4.29. The highest BCUT2D eigenvalue weighted by molar-refractivity contribution is 6.02. The van der Waals surface area contributed by atoms with Crippen LogP contribution in [0.5, 0.6) is 0 Å². The number of methoxy groups -OCH3 is 2. The van der Waals surface area contributed by atoms with Gasteiger partial charge in [-0.05, 0) is 29.2 Å². The number of ether oxygens (including phenoxy) is 2. The minimum absolute atomic E-state index is 0.244. The van der Waals surface area contributed by atoms with Gasteiger partial charge in [0.1, 0.15) is 0 Å². The minimum Gasteiger partial charge on any atom is -0.468 e. The van der Waals surface area contributed by atoms with Crippen molar-refractivity contribution in [1.82, 2.24) is 4.90 Å². The van der Waals surface area contributed by atoms with Crippen LogP contribution in [-0.2, 0) is 38.6 Å². The van der Waals surface area contributed by atoms with Crippen LogP contribution < -0.4 is 0 Å². The zero-order chi connectivity index (χ0) is 23.4. The lowest BCUT2D eigenvalue weighted by atomic mass is 9.79. The molecule has 4 rings (SSSR count). The molecule has 0 fully saturated rings. The summed E-state index contributed by atoms with van der Waals surface area (Å²) in [7, 11) is 2.66. The monoisotopic (exact) mass is 443 g/mol. The first-order chi connectivity index (χ1) is 16.0. The summed E-state index contributed by atoms with van der Waals surface area (Å²) in [5.41, 5.74) is 3.72. The summed E-state index contributed by atoms with van der Waals surface area (Å²) < 4.78 is 10.5. The van der Waals surface area contributed by atoms with Crippen molar-refractivity contribution < 1.29 is 19.1 Å². The maximum absolute atomic E-state index is 13.4. The molecule has 0 aliphatic heterocycles. The van der Waals surface area contributed by atoms with E-state index in [4.69, 9.17) is 9.47 Å². The maximum Gasteiger partial charge on any atom is 0.325 e. The number of carbonyl (C=O) groups excluding carboxylic acids is 2. The van der Waals surface area contributed by atoms with Crippen LogP contribution in [0, 0.1) is 12.3 Å². The van der Waals surface area contributed by atoms with Crippen molar-refractivity contribution in [1.29, 1.82) is 0 Å². The van der Waals surface area contributed by atoms with Gasteiger partial charge in [-0.3, -0.25) is 14.5 Å². The molecule has 1 atom stereocenters. The van der Waals surface area contributed by atoms with E-state index in [1.807, 2.05) is 55.5 Å². The average Bonchev–Trinajstić information content (AvgIpc) is 3.19. The quantitative estimate of drug-likeness (QED) is 0.394. The van der Waals surface area contributed by atoms with Crippen molar-refractivity contribution in [2.75, 3.05) is 14.2 Å². The van der Waals surface area contributed by atoms with Crippen molar-refractivity contribution in [3.05, 3.63) is 107 Å². The molecule has 0 amide bonds. The first-order valence-corrected chi connectivity index (χ1v) is 11.1. The highest BCUT2D eigenvalue weighted by atomic mass is 16.5. The fourth-order valence-corrected chi connectivity index (χ4v) is 5.01. The van der Waals surface area contributed by atoms with Crippen LogP contribution in [0.1, 0.15) is 33.9 Å². The topological polar surface area (TPSA) is 55.8 Å². The SMILES string of the molecule is COC(=O)C1(C(=O)OC)Cc2cc(C)ccc2C1N(Cc1ccccc1)Cc1ccccc1. The molecular formula is C28H29NO4. The van der Waals surface area contributed by atoms with E-state index in [2.05, 4.69) is 35.2 Å². The molecule has 3 aromatic rings. The smallest absolute Gasteiger partial charge is 0.325 e. The molecule has 0 spiro atoms. The Bertz CT molecular complexity index is 1070. The maximum atomic E-state index is 13.4. The van der Waals surface area contributed by atoms with Gasteiger partial charge in [-0.2, -0.15) is 0 Å². The van der Waals surface area contributed by atoms with E-state index in [1.165, 1.54) is 14.2 Å². The molecule has 0 saturated heterocycles. The van der Waals surface area contributed by atoms with Gasteiger partial charge in [0, 0.05) is 19.5 Å². The van der Waals surface area contributed by atoms with E-state index in [0.717, 1.165) is 27.8 Å². The standard InChI is InChI=1S/C28H29NO4/c1-20-14-15-24-23(16-20)17-28(26(30)32-2,27(31)33-3)25(24)29(18-21-10-6-4-7-11-21)19-22-12-8-5-9-13-22/h4-16,25H,17-19H2,1-3H3. The lowest BCUT2D eigenvalue weighted by Gasteiger charge is -2.38. The number of aryl methyl sites for hydroxylation is 1. The summed E-state index contributed by atoms with van der Waals surface area (Å²) in [6.07, 6.45) is 0.244. The van der Waals surface area contributed by atoms with Crippen LogP contribution in [0.2, 0.25) is 0 Å². The van der Waals surface area contributed by atoms with Gasteiger partial charge < -0.3 is 9.47 Å². The molecule has 1 aliphatic rings. The number of rotatable bonds is 7. The van der Waals surface area contributed by atoms with Crippen LogP contribution in [0.3, 0.4) is 0 Å². The molecule has 0 aromatic heterocycles. The summed E-state index contributed by atoms with van der Waals surface area (Å²) in [6.45, 7) is 3.13. The molecule has 1 aliphatic carbocycles. The molecule has 170 valence electrons. The number of hydrogen-bond donors (Lipinski definition) is 0. The molecule has 0 saturated carbocycles. The molecule has 5 heteroatoms. The van der Waals surface area contributed by atoms with E-state index in [9.17, 15) is 9.59 Å². The Hall–Kier alpha value is -3.44. The minimum atomic E-state index is -1.48. The van der Waals surface area contributed by atoms with E-state index < -0.39 is 23.4 Å². The normalized spacial score (nSPS) is 16.3. The third-order valence-electron chi connectivity index (χ3n) is 6.45. The molecule has 3 aromatic carbocycles. The second kappa shape index (κ2) is 9.59. The lowest BCUT2D eigenvalue weighted by molar-refractivity contribution is -0.175. The summed E-state index contributed by atoms with van der Waals surface area (Å²) in [4.78, 5) is 28.9. The van der Waals surface area contributed by atoms with Gasteiger partial charge in [-0.25, -0.2) is 0 Å². The number of hydrogen-bond acceptors (Lipinski definition) is 5. The van der Waals surface area contributed by atoms with Gasteiger partial charge in [-0.1, -0.05) is 84.4 Å². The second-order valence-corrected chi connectivity index (χ2v) is 8.61. The van der Waals surface area contributed by atoms with E-state index >= 15 is 0 Å². The Morgan fingerprint density at radius 1 is 0.848 bits per heavy atom. The molecule has 5 nitrogen and oxygen atoms in total. The second-order valence-electron chi connectivity index (χ2n) is 8.61. The van der Waals surface area contributed by atoms with Crippen LogP contribution in [0.25, 0.3) is 0 Å². The highest BCUT2D eigenvalue weighted by Gasteiger charge is 2.61. The van der Waals surface area contributed by atoms with Gasteiger partial charge in [-0.15, -0.1) is 0 Å². The number of fused-ring (bicyclic) bond motifs is 1. The molecular weight excluding hydrogens is 414 g/mol. The summed E-state index contributed by atoms with van der Waals surface area (Å²) in [6, 6.07) is 25.7. The largest absolute Gasteiger partial charge is 0.468 e. The van der Waals surface area contributed by atoms with E-state index in [0.29, 0.717) is 13.1 Å². The van der Waals surface area contributed by atoms with Crippen molar-refractivity contribution in [2.45, 2.75) is 32.5 Å². The summed E-state index contributed by atoms with van der Waals surface area (Å²) >= 11 is 0. The van der Waals surface area contributed by atoms with Crippen molar-refractivity contribution in [3.8, 4) is 0 Å². The fraction of sp³-hybridized carbons (Fsp3) is 0.286. The Morgan fingerprint density at radius 3 is 1.85 bits per heavy atom. The molecule has 0 radical (unpaired) electrons. The van der Waals surface area contributed by atoms with Crippen molar-refractivity contribution in [2.24, 2.45) is 5.41 Å². The van der Waals surface area contributed by atoms with E-state index in [-0.39, 0.29) is 6.42 Å². The van der Waals surface area contributed by atoms with Gasteiger partial charge >= 0.3 is 11.9 Å². The first kappa shape index (κ1) is 22.7. The van der Waals surface area contributed by atoms with Crippen molar-refractivity contribution in [3.63, 3.8) is 0 Å². The van der Waals surface area contributed by atoms with Crippen LogP contribution in [0.15, 0.2) is 78.9 Å². The molecule has 33 heavy (non-hydrogen) atoms. The third-order valence-corrected chi connectivity index (χ3v) is 6.45. The lowest BCUT2D eigenvalue weighted by Crippen LogP contribution is -2.50. The van der Waals surface area contributed by atoms with E-state index in [1.54, 1.807) is 0 Å². The van der Waals surface area contributed by atoms with Gasteiger partial charge in [0.2, 0.25) is 0 Å². The molecule has 1 unspecified atom stereocenters. The predicted molar refractivity (Wildman–Crippen MR) is 126 cm³/mol. The summed E-state index contributed by atoms with van der Waals surface area (Å²) in [5, 5.41) is 0. The number of carbonyl (C=O) groups is 2. The Kier molecular flexibility index (Phi) is 6.61. The molecule has 0 heterocycles. The van der Waals surface area contributed by atoms with Gasteiger partial charge in [0.25, 0.3) is 0 Å².